The van der Waals surface area contributed by atoms with E-state index in [-0.39, 0.29) is 16.9 Å². The van der Waals surface area contributed by atoms with Crippen LogP contribution in [0.3, 0.4) is 0 Å². The topological polar surface area (TPSA) is 108 Å². The van der Waals surface area contributed by atoms with Gasteiger partial charge in [0.25, 0.3) is 5.69 Å². The summed E-state index contributed by atoms with van der Waals surface area (Å²) in [5.41, 5.74) is 1.24. The van der Waals surface area contributed by atoms with Crippen LogP contribution < -0.4 is 9.64 Å². The summed E-state index contributed by atoms with van der Waals surface area (Å²) in [6.45, 7) is 6.40. The Kier molecular flexibility index (Phi) is 4.93. The number of morpholine rings is 1. The van der Waals surface area contributed by atoms with Gasteiger partial charge in [0.1, 0.15) is 17.9 Å². The second-order valence-electron chi connectivity index (χ2n) is 9.14. The van der Waals surface area contributed by atoms with E-state index in [1.807, 2.05) is 13.8 Å². The summed E-state index contributed by atoms with van der Waals surface area (Å²) in [6.07, 6.45) is 2.35. The first-order chi connectivity index (χ1) is 15.4. The molecule has 9 nitrogen and oxygen atoms in total. The normalized spacial score (nSPS) is 22.1. The van der Waals surface area contributed by atoms with Gasteiger partial charge in [-0.25, -0.2) is 9.97 Å². The molecule has 1 fully saturated rings. The van der Waals surface area contributed by atoms with Gasteiger partial charge in [0.2, 0.25) is 5.88 Å². The van der Waals surface area contributed by atoms with Crippen LogP contribution in [0.1, 0.15) is 43.7 Å². The van der Waals surface area contributed by atoms with E-state index in [9.17, 15) is 14.9 Å². The highest BCUT2D eigenvalue weighted by Crippen LogP contribution is 2.52. The van der Waals surface area contributed by atoms with Crippen LogP contribution >= 0.6 is 0 Å². The van der Waals surface area contributed by atoms with Crippen LogP contribution in [-0.4, -0.2) is 47.0 Å². The van der Waals surface area contributed by atoms with Crippen LogP contribution in [0.5, 0.6) is 5.88 Å². The van der Waals surface area contributed by atoms with Gasteiger partial charge in [0, 0.05) is 43.1 Å². The van der Waals surface area contributed by atoms with Gasteiger partial charge in [-0.05, 0) is 5.41 Å². The van der Waals surface area contributed by atoms with Gasteiger partial charge in [0.05, 0.1) is 29.6 Å². The lowest BCUT2D eigenvalue weighted by Gasteiger charge is -2.39. The molecule has 1 unspecified atom stereocenters. The minimum Gasteiger partial charge on any atom is -0.442 e. The number of aromatic nitrogens is 2. The van der Waals surface area contributed by atoms with E-state index in [4.69, 9.17) is 9.47 Å². The average molecular weight is 436 g/mol. The van der Waals surface area contributed by atoms with E-state index < -0.39 is 10.8 Å². The SMILES string of the molecule is CC1(C)CC(=O)C2=C(C1)Oc1ncnc(N3CCOCC3)c1C2c1ccccc1[N+](=O)[O-]. The van der Waals surface area contributed by atoms with Gasteiger partial charge in [-0.3, -0.25) is 14.9 Å². The summed E-state index contributed by atoms with van der Waals surface area (Å²) in [5, 5.41) is 11.9. The van der Waals surface area contributed by atoms with Crippen LogP contribution in [0.25, 0.3) is 0 Å². The highest BCUT2D eigenvalue weighted by Gasteiger charge is 2.46. The zero-order chi connectivity index (χ0) is 22.5. The van der Waals surface area contributed by atoms with Crippen molar-refractivity contribution < 1.29 is 19.2 Å². The number of hydrogen-bond donors (Lipinski definition) is 0. The highest BCUT2D eigenvalue weighted by molar-refractivity contribution is 6.00. The lowest BCUT2D eigenvalue weighted by Crippen LogP contribution is -2.39. The molecule has 0 radical (unpaired) electrons. The molecular weight excluding hydrogens is 412 g/mol. The number of benzene rings is 1. The van der Waals surface area contributed by atoms with Gasteiger partial charge >= 0.3 is 0 Å². The molecule has 0 N–H and O–H groups in total. The maximum atomic E-state index is 13.4. The maximum absolute atomic E-state index is 13.4. The molecular formula is C23H24N4O5. The van der Waals surface area contributed by atoms with Crippen LogP contribution in [-0.2, 0) is 9.53 Å². The van der Waals surface area contributed by atoms with Crippen molar-refractivity contribution >= 4 is 17.3 Å². The number of anilines is 1. The third kappa shape index (κ3) is 3.42. The van der Waals surface area contributed by atoms with Gasteiger partial charge in [-0.2, -0.15) is 0 Å². The summed E-state index contributed by atoms with van der Waals surface area (Å²) in [7, 11) is 0. The Labute approximate surface area is 185 Å². The number of carbonyl (C=O) groups is 1. The van der Waals surface area contributed by atoms with Crippen LogP contribution in [0.4, 0.5) is 11.5 Å². The summed E-state index contributed by atoms with van der Waals surface area (Å²) < 4.78 is 11.7. The number of para-hydroxylation sites is 1. The average Bonchev–Trinajstić information content (AvgIpc) is 2.77. The monoisotopic (exact) mass is 436 g/mol. The van der Waals surface area contributed by atoms with Crippen molar-refractivity contribution in [1.29, 1.82) is 0 Å². The molecule has 1 aromatic carbocycles. The molecule has 1 atom stereocenters. The lowest BCUT2D eigenvalue weighted by molar-refractivity contribution is -0.385. The Hall–Kier alpha value is -3.33. The molecule has 0 saturated carbocycles. The van der Waals surface area contributed by atoms with Gasteiger partial charge in [-0.15, -0.1) is 0 Å². The first kappa shape index (κ1) is 20.6. The summed E-state index contributed by atoms with van der Waals surface area (Å²) >= 11 is 0. The Morgan fingerprint density at radius 3 is 2.66 bits per heavy atom. The van der Waals surface area contributed by atoms with Gasteiger partial charge in [0.15, 0.2) is 5.78 Å². The van der Waals surface area contributed by atoms with Crippen molar-refractivity contribution in [3.05, 3.63) is 63.2 Å². The van der Waals surface area contributed by atoms with Crippen LogP contribution in [0, 0.1) is 15.5 Å². The molecule has 5 rings (SSSR count). The van der Waals surface area contributed by atoms with Gasteiger partial charge in [-0.1, -0.05) is 32.0 Å². The standard InChI is InChI=1S/C23H24N4O5/c1-23(2)11-16(28)19-17(12-23)32-22-20(18(19)14-5-3-4-6-15(14)27(29)30)21(24-13-25-22)26-7-9-31-10-8-26/h3-6,13,18H,7-12H2,1-2H3. The number of allylic oxidation sites excluding steroid dienone is 2. The second-order valence-corrected chi connectivity index (χ2v) is 9.14. The number of rotatable bonds is 3. The van der Waals surface area contributed by atoms with Crippen molar-refractivity contribution in [3.63, 3.8) is 0 Å². The maximum Gasteiger partial charge on any atom is 0.273 e. The Balaban J connectivity index is 1.77. The quantitative estimate of drug-likeness (QED) is 0.532. The van der Waals surface area contributed by atoms with E-state index in [1.165, 1.54) is 12.4 Å². The molecule has 32 heavy (non-hydrogen) atoms. The van der Waals surface area contributed by atoms with Crippen molar-refractivity contribution in [2.24, 2.45) is 5.41 Å². The molecule has 166 valence electrons. The Morgan fingerprint density at radius 1 is 1.16 bits per heavy atom. The molecule has 9 heteroatoms. The van der Waals surface area contributed by atoms with E-state index >= 15 is 0 Å². The molecule has 2 aromatic rings. The molecule has 2 aliphatic heterocycles. The molecule has 3 aliphatic rings. The first-order valence-electron chi connectivity index (χ1n) is 10.7. The predicted octanol–water partition coefficient (Wildman–Crippen LogP) is 3.39. The molecule has 3 heterocycles. The number of fused-ring (bicyclic) bond motifs is 1. The molecule has 0 spiro atoms. The lowest BCUT2D eigenvalue weighted by atomic mass is 9.70. The third-order valence-electron chi connectivity index (χ3n) is 6.26. The number of nitro groups is 1. The number of ether oxygens (including phenoxy) is 2. The summed E-state index contributed by atoms with van der Waals surface area (Å²) in [4.78, 5) is 35.9. The largest absolute Gasteiger partial charge is 0.442 e. The van der Waals surface area contributed by atoms with Crippen molar-refractivity contribution in [3.8, 4) is 5.88 Å². The molecule has 1 saturated heterocycles. The highest BCUT2D eigenvalue weighted by atomic mass is 16.6. The predicted molar refractivity (Wildman–Crippen MR) is 116 cm³/mol. The van der Waals surface area contributed by atoms with Crippen molar-refractivity contribution in [2.75, 3.05) is 31.2 Å². The Bertz CT molecular complexity index is 1140. The second kappa shape index (κ2) is 7.67. The fourth-order valence-electron chi connectivity index (χ4n) is 4.89. The van der Waals surface area contributed by atoms with E-state index in [2.05, 4.69) is 14.9 Å². The number of nitrogens with zero attached hydrogens (tertiary/aromatic N) is 4. The third-order valence-corrected chi connectivity index (χ3v) is 6.26. The zero-order valence-corrected chi connectivity index (χ0v) is 18.0. The van der Waals surface area contributed by atoms with Crippen molar-refractivity contribution in [2.45, 2.75) is 32.6 Å². The molecule has 1 aromatic heterocycles. The van der Waals surface area contributed by atoms with Crippen LogP contribution in [0.2, 0.25) is 0 Å². The number of Topliss-reactive ketones (excluding diaryl/α,β-unsaturated/α-hetero) is 1. The van der Waals surface area contributed by atoms with Crippen LogP contribution in [0.15, 0.2) is 41.9 Å². The van der Waals surface area contributed by atoms with E-state index in [0.717, 1.165) is 0 Å². The minimum absolute atomic E-state index is 0.0355. The van der Waals surface area contributed by atoms with E-state index in [1.54, 1.807) is 18.2 Å². The first-order valence-corrected chi connectivity index (χ1v) is 10.7. The number of hydrogen-bond acceptors (Lipinski definition) is 8. The smallest absolute Gasteiger partial charge is 0.273 e. The molecule has 1 aliphatic carbocycles. The fourth-order valence-corrected chi connectivity index (χ4v) is 4.89. The number of carbonyl (C=O) groups excluding carboxylic acids is 1. The fraction of sp³-hybridized carbons (Fsp3) is 0.435. The summed E-state index contributed by atoms with van der Waals surface area (Å²) in [5.74, 6) is 0.813. The molecule has 0 bridgehead atoms. The van der Waals surface area contributed by atoms with Crippen molar-refractivity contribution in [1.82, 2.24) is 9.97 Å². The zero-order valence-electron chi connectivity index (χ0n) is 18.0. The minimum atomic E-state index is -0.669. The summed E-state index contributed by atoms with van der Waals surface area (Å²) in [6, 6.07) is 6.58. The molecule has 0 amide bonds. The van der Waals surface area contributed by atoms with E-state index in [0.29, 0.717) is 73.3 Å². The number of ketones is 1. The number of nitro benzene ring substituents is 1. The Morgan fingerprint density at radius 2 is 1.91 bits per heavy atom. The van der Waals surface area contributed by atoms with Gasteiger partial charge < -0.3 is 14.4 Å².